The van der Waals surface area contributed by atoms with Gasteiger partial charge in [-0.25, -0.2) is 4.98 Å². The lowest BCUT2D eigenvalue weighted by atomic mass is 10.2. The van der Waals surface area contributed by atoms with Crippen LogP contribution in [0.5, 0.6) is 5.75 Å². The molecule has 0 radical (unpaired) electrons. The molecule has 1 saturated heterocycles. The van der Waals surface area contributed by atoms with Crippen LogP contribution in [0.3, 0.4) is 0 Å². The van der Waals surface area contributed by atoms with Gasteiger partial charge in [-0.1, -0.05) is 11.3 Å². The number of hydrogen-bond donors (Lipinski definition) is 1. The van der Waals surface area contributed by atoms with E-state index in [-0.39, 0.29) is 0 Å². The molecule has 32 heavy (non-hydrogen) atoms. The van der Waals surface area contributed by atoms with Crippen molar-refractivity contribution in [1.29, 1.82) is 5.26 Å². The van der Waals surface area contributed by atoms with Gasteiger partial charge in [0.05, 0.1) is 46.5 Å². The zero-order valence-corrected chi connectivity index (χ0v) is 18.5. The Hall–Kier alpha value is -3.83. The second-order valence-electron chi connectivity index (χ2n) is 7.51. The fourth-order valence-electron chi connectivity index (χ4n) is 3.92. The number of anilines is 4. The monoisotopic (exact) mass is 442 g/mol. The van der Waals surface area contributed by atoms with Crippen molar-refractivity contribution in [2.24, 2.45) is 0 Å². The van der Waals surface area contributed by atoms with E-state index in [0.717, 1.165) is 47.2 Å². The molecule has 4 aromatic rings. The number of hydrogen-bond acceptors (Lipinski definition) is 8. The summed E-state index contributed by atoms with van der Waals surface area (Å²) in [4.78, 5) is 13.8. The van der Waals surface area contributed by atoms with Gasteiger partial charge in [-0.2, -0.15) is 5.26 Å². The summed E-state index contributed by atoms with van der Waals surface area (Å²) in [6.07, 6.45) is 3.73. The predicted octanol–water partition coefficient (Wildman–Crippen LogP) is 4.64. The quantitative estimate of drug-likeness (QED) is 0.482. The number of benzene rings is 2. The van der Waals surface area contributed by atoms with Crippen LogP contribution < -0.4 is 19.9 Å². The summed E-state index contributed by atoms with van der Waals surface area (Å²) in [6, 6.07) is 18.0. The van der Waals surface area contributed by atoms with E-state index in [2.05, 4.69) is 50.4 Å². The number of nitrogens with zero attached hydrogens (tertiary/aromatic N) is 5. The van der Waals surface area contributed by atoms with Gasteiger partial charge in [0.25, 0.3) is 0 Å². The average molecular weight is 443 g/mol. The molecular weight excluding hydrogens is 420 g/mol. The number of methoxy groups -OCH3 is 1. The number of pyridine rings is 1. The zero-order valence-electron chi connectivity index (χ0n) is 17.7. The highest BCUT2D eigenvalue weighted by Crippen LogP contribution is 2.34. The predicted molar refractivity (Wildman–Crippen MR) is 129 cm³/mol. The highest BCUT2D eigenvalue weighted by molar-refractivity contribution is 7.22. The van der Waals surface area contributed by atoms with Crippen molar-refractivity contribution in [1.82, 2.24) is 9.97 Å². The molecule has 2 aromatic heterocycles. The molecule has 1 aliphatic heterocycles. The van der Waals surface area contributed by atoms with Crippen LogP contribution in [0.25, 0.3) is 10.2 Å². The number of rotatable bonds is 5. The molecule has 0 unspecified atom stereocenters. The van der Waals surface area contributed by atoms with Crippen molar-refractivity contribution in [3.63, 3.8) is 0 Å². The maximum Gasteiger partial charge on any atom is 0.188 e. The number of thiazole rings is 1. The summed E-state index contributed by atoms with van der Waals surface area (Å²) in [6.45, 7) is 3.83. The third-order valence-corrected chi connectivity index (χ3v) is 6.55. The van der Waals surface area contributed by atoms with Gasteiger partial charge in [-0.15, -0.1) is 0 Å². The first-order chi connectivity index (χ1) is 15.7. The molecule has 1 N–H and O–H groups in total. The number of piperazine rings is 1. The van der Waals surface area contributed by atoms with Crippen molar-refractivity contribution in [2.45, 2.75) is 0 Å². The molecule has 5 rings (SSSR count). The molecule has 160 valence electrons. The lowest BCUT2D eigenvalue weighted by molar-refractivity contribution is 0.417. The zero-order chi connectivity index (χ0) is 21.9. The largest absolute Gasteiger partial charge is 0.495 e. The summed E-state index contributed by atoms with van der Waals surface area (Å²) in [7, 11) is 1.62. The van der Waals surface area contributed by atoms with Crippen LogP contribution in [0.1, 0.15) is 5.56 Å². The summed E-state index contributed by atoms with van der Waals surface area (Å²) < 4.78 is 6.53. The van der Waals surface area contributed by atoms with Crippen LogP contribution in [0.4, 0.5) is 22.2 Å². The van der Waals surface area contributed by atoms with E-state index < -0.39 is 0 Å². The smallest absolute Gasteiger partial charge is 0.188 e. The van der Waals surface area contributed by atoms with Crippen LogP contribution in [-0.4, -0.2) is 43.3 Å². The van der Waals surface area contributed by atoms with Gasteiger partial charge in [-0.3, -0.25) is 4.98 Å². The molecule has 2 aromatic carbocycles. The normalized spacial score (nSPS) is 13.8. The molecule has 1 aliphatic rings. The molecule has 0 bridgehead atoms. The minimum absolute atomic E-state index is 0.571. The standard InChI is InChI=1S/C24H22N6OS/c1-31-22-6-4-17(15-25)13-20(22)27-24-28-21-14-18(5-7-23(21)32-24)29-9-11-30(12-10-29)19-3-2-8-26-16-19/h2-8,13-14,16H,9-12H2,1H3,(H,27,28). The number of nitriles is 1. The van der Waals surface area contributed by atoms with Crippen LogP contribution in [0.15, 0.2) is 60.9 Å². The number of ether oxygens (including phenoxy) is 1. The van der Waals surface area contributed by atoms with E-state index in [4.69, 9.17) is 9.72 Å². The van der Waals surface area contributed by atoms with E-state index in [1.54, 1.807) is 36.6 Å². The Labute approximate surface area is 190 Å². The average Bonchev–Trinajstić information content (AvgIpc) is 3.26. The van der Waals surface area contributed by atoms with Crippen LogP contribution in [0, 0.1) is 11.3 Å². The van der Waals surface area contributed by atoms with Crippen molar-refractivity contribution < 1.29 is 4.74 Å². The highest BCUT2D eigenvalue weighted by Gasteiger charge is 2.18. The molecule has 0 atom stereocenters. The van der Waals surface area contributed by atoms with Gasteiger partial charge in [-0.05, 0) is 48.5 Å². The van der Waals surface area contributed by atoms with Crippen molar-refractivity contribution in [3.8, 4) is 11.8 Å². The van der Waals surface area contributed by atoms with Crippen LogP contribution in [-0.2, 0) is 0 Å². The van der Waals surface area contributed by atoms with E-state index in [1.165, 1.54) is 11.4 Å². The van der Waals surface area contributed by atoms with Gasteiger partial charge < -0.3 is 19.9 Å². The first-order valence-corrected chi connectivity index (χ1v) is 11.2. The topological polar surface area (TPSA) is 77.3 Å². The van der Waals surface area contributed by atoms with E-state index in [9.17, 15) is 5.26 Å². The maximum atomic E-state index is 9.20. The molecule has 0 saturated carbocycles. The first kappa shape index (κ1) is 20.1. The summed E-state index contributed by atoms with van der Waals surface area (Å²) in [5.41, 5.74) is 4.62. The van der Waals surface area contributed by atoms with Crippen molar-refractivity contribution >= 4 is 43.7 Å². The molecule has 7 nitrogen and oxygen atoms in total. The fourth-order valence-corrected chi connectivity index (χ4v) is 4.78. The summed E-state index contributed by atoms with van der Waals surface area (Å²) >= 11 is 1.58. The Kier molecular flexibility index (Phi) is 5.48. The van der Waals surface area contributed by atoms with Gasteiger partial charge in [0.2, 0.25) is 0 Å². The van der Waals surface area contributed by atoms with E-state index >= 15 is 0 Å². The van der Waals surface area contributed by atoms with E-state index in [1.807, 2.05) is 18.5 Å². The lowest BCUT2D eigenvalue weighted by Gasteiger charge is -2.37. The molecular formula is C24H22N6OS. The molecule has 8 heteroatoms. The minimum Gasteiger partial charge on any atom is -0.495 e. The maximum absolute atomic E-state index is 9.20. The number of aromatic nitrogens is 2. The van der Waals surface area contributed by atoms with Crippen LogP contribution in [0.2, 0.25) is 0 Å². The Morgan fingerprint density at radius 3 is 2.56 bits per heavy atom. The molecule has 1 fully saturated rings. The number of fused-ring (bicyclic) bond motifs is 1. The molecule has 3 heterocycles. The summed E-state index contributed by atoms with van der Waals surface area (Å²) in [5, 5.41) is 13.3. The Balaban J connectivity index is 1.32. The Morgan fingerprint density at radius 1 is 1.03 bits per heavy atom. The summed E-state index contributed by atoms with van der Waals surface area (Å²) in [5.74, 6) is 0.676. The van der Waals surface area contributed by atoms with Gasteiger partial charge in [0.15, 0.2) is 5.13 Å². The minimum atomic E-state index is 0.571. The SMILES string of the molecule is COc1ccc(C#N)cc1Nc1nc2cc(N3CCN(c4cccnc4)CC3)ccc2s1. The first-order valence-electron chi connectivity index (χ1n) is 10.4. The van der Waals surface area contributed by atoms with Gasteiger partial charge in [0, 0.05) is 38.1 Å². The second kappa shape index (κ2) is 8.73. The second-order valence-corrected chi connectivity index (χ2v) is 8.54. The molecule has 0 amide bonds. The highest BCUT2D eigenvalue weighted by atomic mass is 32.1. The van der Waals surface area contributed by atoms with Crippen molar-refractivity contribution in [2.75, 3.05) is 48.4 Å². The fraction of sp³-hybridized carbons (Fsp3) is 0.208. The third-order valence-electron chi connectivity index (χ3n) is 5.60. The van der Waals surface area contributed by atoms with Crippen LogP contribution >= 0.6 is 11.3 Å². The van der Waals surface area contributed by atoms with Crippen molar-refractivity contribution in [3.05, 3.63) is 66.5 Å². The Bertz CT molecular complexity index is 1270. The third kappa shape index (κ3) is 4.03. The lowest BCUT2D eigenvalue weighted by Crippen LogP contribution is -2.46. The van der Waals surface area contributed by atoms with Gasteiger partial charge >= 0.3 is 0 Å². The van der Waals surface area contributed by atoms with E-state index in [0.29, 0.717) is 11.3 Å². The van der Waals surface area contributed by atoms with Gasteiger partial charge in [0.1, 0.15) is 5.75 Å². The molecule has 0 spiro atoms. The number of nitrogens with one attached hydrogen (secondary N) is 1. The molecule has 0 aliphatic carbocycles. The Morgan fingerprint density at radius 2 is 1.84 bits per heavy atom.